The van der Waals surface area contributed by atoms with Crippen LogP contribution in [0.25, 0.3) is 22.4 Å². The molecule has 0 aliphatic rings. The number of ether oxygens (including phenoxy) is 2. The quantitative estimate of drug-likeness (QED) is 0.537. The van der Waals surface area contributed by atoms with E-state index in [-0.39, 0.29) is 0 Å². The van der Waals surface area contributed by atoms with Crippen LogP contribution in [-0.2, 0) is 6.61 Å². The van der Waals surface area contributed by atoms with Crippen molar-refractivity contribution in [2.45, 2.75) is 13.5 Å². The first-order valence-corrected chi connectivity index (χ1v) is 8.93. The van der Waals surface area contributed by atoms with Crippen molar-refractivity contribution in [1.82, 2.24) is 9.97 Å². The number of aryl methyl sites for hydroxylation is 1. The summed E-state index contributed by atoms with van der Waals surface area (Å²) >= 11 is 0. The number of nitrogens with zero attached hydrogens (tertiary/aromatic N) is 2. The number of fused-ring (bicyclic) bond motifs is 1. The molecule has 0 amide bonds. The molecule has 1 N–H and O–H groups in total. The highest BCUT2D eigenvalue weighted by atomic mass is 16.5. The fraction of sp³-hybridized carbons (Fsp3) is 0.130. The van der Waals surface area contributed by atoms with Crippen molar-refractivity contribution in [1.29, 1.82) is 5.26 Å². The third-order valence-corrected chi connectivity index (χ3v) is 4.60. The smallest absolute Gasteiger partial charge is 0.161 e. The molecule has 0 bridgehead atoms. The summed E-state index contributed by atoms with van der Waals surface area (Å²) in [5.74, 6) is 2.01. The summed E-state index contributed by atoms with van der Waals surface area (Å²) in [6, 6.07) is 21.4. The van der Waals surface area contributed by atoms with E-state index in [0.717, 1.165) is 28.0 Å². The second-order valence-corrected chi connectivity index (χ2v) is 6.53. The molecule has 1 heterocycles. The van der Waals surface area contributed by atoms with Crippen molar-refractivity contribution in [2.75, 3.05) is 7.11 Å². The molecule has 4 rings (SSSR count). The van der Waals surface area contributed by atoms with E-state index in [1.807, 2.05) is 48.5 Å². The topological polar surface area (TPSA) is 70.9 Å². The van der Waals surface area contributed by atoms with Gasteiger partial charge in [-0.05, 0) is 48.9 Å². The predicted octanol–water partition coefficient (Wildman–Crippen LogP) is 5.00. The molecule has 3 aromatic carbocycles. The fourth-order valence-corrected chi connectivity index (χ4v) is 3.11. The lowest BCUT2D eigenvalue weighted by Gasteiger charge is -2.12. The minimum absolute atomic E-state index is 0.295. The lowest BCUT2D eigenvalue weighted by molar-refractivity contribution is 0.284. The van der Waals surface area contributed by atoms with Gasteiger partial charge < -0.3 is 14.5 Å². The molecule has 5 nitrogen and oxygen atoms in total. The first kappa shape index (κ1) is 17.6. The van der Waals surface area contributed by atoms with Crippen LogP contribution in [0.2, 0.25) is 0 Å². The van der Waals surface area contributed by atoms with Gasteiger partial charge in [0.05, 0.1) is 29.8 Å². The maximum atomic E-state index is 9.22. The number of hydrogen-bond donors (Lipinski definition) is 1. The summed E-state index contributed by atoms with van der Waals surface area (Å²) < 4.78 is 11.4. The van der Waals surface area contributed by atoms with E-state index in [0.29, 0.717) is 23.7 Å². The first-order valence-electron chi connectivity index (χ1n) is 8.93. The van der Waals surface area contributed by atoms with Gasteiger partial charge in [-0.1, -0.05) is 24.3 Å². The van der Waals surface area contributed by atoms with Gasteiger partial charge in [-0.3, -0.25) is 0 Å². The Balaban J connectivity index is 1.61. The van der Waals surface area contributed by atoms with Crippen LogP contribution in [0.4, 0.5) is 0 Å². The monoisotopic (exact) mass is 369 g/mol. The van der Waals surface area contributed by atoms with Gasteiger partial charge in [-0.25, -0.2) is 4.98 Å². The van der Waals surface area contributed by atoms with Crippen LogP contribution in [0.15, 0.2) is 60.7 Å². The lowest BCUT2D eigenvalue weighted by Crippen LogP contribution is -2.00. The Morgan fingerprint density at radius 2 is 1.89 bits per heavy atom. The number of rotatable bonds is 5. The zero-order valence-corrected chi connectivity index (χ0v) is 15.7. The standard InChI is InChI=1S/C23H19N3O2/c1-15-7-9-19-20(11-15)26-23(25-19)16-8-10-21(22(12-16)27-2)28-14-18-6-4-3-5-17(18)13-24/h3-12H,14H2,1-2H3,(H,25,26). The van der Waals surface area contributed by atoms with Crippen LogP contribution >= 0.6 is 0 Å². The number of imidazole rings is 1. The highest BCUT2D eigenvalue weighted by Crippen LogP contribution is 2.33. The molecule has 0 saturated heterocycles. The predicted molar refractivity (Wildman–Crippen MR) is 108 cm³/mol. The fourth-order valence-electron chi connectivity index (χ4n) is 3.11. The highest BCUT2D eigenvalue weighted by Gasteiger charge is 2.11. The van der Waals surface area contributed by atoms with Crippen molar-refractivity contribution in [3.8, 4) is 29.0 Å². The maximum absolute atomic E-state index is 9.22. The Morgan fingerprint density at radius 1 is 1.04 bits per heavy atom. The molecule has 1 aromatic heterocycles. The lowest BCUT2D eigenvalue weighted by atomic mass is 10.1. The zero-order valence-electron chi connectivity index (χ0n) is 15.7. The van der Waals surface area contributed by atoms with Gasteiger partial charge in [-0.2, -0.15) is 5.26 Å². The number of aromatic nitrogens is 2. The third-order valence-electron chi connectivity index (χ3n) is 4.60. The summed E-state index contributed by atoms with van der Waals surface area (Å²) in [6.45, 7) is 2.35. The number of aromatic amines is 1. The number of benzene rings is 3. The summed E-state index contributed by atoms with van der Waals surface area (Å²) in [6.07, 6.45) is 0. The molecule has 0 atom stereocenters. The number of hydrogen-bond acceptors (Lipinski definition) is 4. The van der Waals surface area contributed by atoms with Crippen LogP contribution in [0, 0.1) is 18.3 Å². The van der Waals surface area contributed by atoms with Crippen LogP contribution in [0.3, 0.4) is 0 Å². The van der Waals surface area contributed by atoms with Gasteiger partial charge in [0.25, 0.3) is 0 Å². The van der Waals surface area contributed by atoms with E-state index in [2.05, 4.69) is 29.0 Å². The first-order chi connectivity index (χ1) is 13.7. The van der Waals surface area contributed by atoms with E-state index in [1.165, 1.54) is 5.56 Å². The molecule has 0 saturated carbocycles. The van der Waals surface area contributed by atoms with Crippen molar-refractivity contribution in [2.24, 2.45) is 0 Å². The minimum atomic E-state index is 0.295. The Labute approximate surface area is 163 Å². The summed E-state index contributed by atoms with van der Waals surface area (Å²) in [7, 11) is 1.61. The third kappa shape index (κ3) is 3.40. The highest BCUT2D eigenvalue weighted by molar-refractivity contribution is 5.80. The summed E-state index contributed by atoms with van der Waals surface area (Å²) in [4.78, 5) is 8.01. The largest absolute Gasteiger partial charge is 0.493 e. The number of H-pyrrole nitrogens is 1. The van der Waals surface area contributed by atoms with Gasteiger partial charge in [0, 0.05) is 11.1 Å². The molecular weight excluding hydrogens is 350 g/mol. The average Bonchev–Trinajstić information content (AvgIpc) is 3.15. The van der Waals surface area contributed by atoms with Gasteiger partial charge >= 0.3 is 0 Å². The van der Waals surface area contributed by atoms with E-state index >= 15 is 0 Å². The Morgan fingerprint density at radius 3 is 2.71 bits per heavy atom. The van der Waals surface area contributed by atoms with E-state index < -0.39 is 0 Å². The van der Waals surface area contributed by atoms with Gasteiger partial charge in [-0.15, -0.1) is 0 Å². The van der Waals surface area contributed by atoms with Gasteiger partial charge in [0.15, 0.2) is 11.5 Å². The number of methoxy groups -OCH3 is 1. The van der Waals surface area contributed by atoms with E-state index in [4.69, 9.17) is 9.47 Å². The van der Waals surface area contributed by atoms with Crippen LogP contribution in [0.1, 0.15) is 16.7 Å². The second kappa shape index (κ2) is 7.45. The second-order valence-electron chi connectivity index (χ2n) is 6.53. The molecule has 0 spiro atoms. The molecule has 5 heteroatoms. The molecule has 0 radical (unpaired) electrons. The molecular formula is C23H19N3O2. The average molecular weight is 369 g/mol. The summed E-state index contributed by atoms with van der Waals surface area (Å²) in [5.41, 5.74) is 5.46. The molecule has 0 fully saturated rings. The van der Waals surface area contributed by atoms with Crippen molar-refractivity contribution in [3.05, 3.63) is 77.4 Å². The summed E-state index contributed by atoms with van der Waals surface area (Å²) in [5, 5.41) is 9.22. The Kier molecular flexibility index (Phi) is 4.69. The molecule has 4 aromatic rings. The molecule has 0 aliphatic heterocycles. The minimum Gasteiger partial charge on any atom is -0.493 e. The van der Waals surface area contributed by atoms with Crippen molar-refractivity contribution < 1.29 is 9.47 Å². The van der Waals surface area contributed by atoms with Crippen LogP contribution in [-0.4, -0.2) is 17.1 Å². The Hall–Kier alpha value is -3.78. The normalized spacial score (nSPS) is 10.6. The van der Waals surface area contributed by atoms with Crippen molar-refractivity contribution >= 4 is 11.0 Å². The number of nitrogens with one attached hydrogen (secondary N) is 1. The van der Waals surface area contributed by atoms with Crippen LogP contribution in [0.5, 0.6) is 11.5 Å². The van der Waals surface area contributed by atoms with E-state index in [9.17, 15) is 5.26 Å². The Bertz CT molecular complexity index is 1190. The molecule has 28 heavy (non-hydrogen) atoms. The van der Waals surface area contributed by atoms with Crippen molar-refractivity contribution in [3.63, 3.8) is 0 Å². The van der Waals surface area contributed by atoms with Gasteiger partial charge in [0.1, 0.15) is 12.4 Å². The van der Waals surface area contributed by atoms with Gasteiger partial charge in [0.2, 0.25) is 0 Å². The maximum Gasteiger partial charge on any atom is 0.161 e. The van der Waals surface area contributed by atoms with E-state index in [1.54, 1.807) is 13.2 Å². The molecule has 138 valence electrons. The molecule has 0 unspecified atom stereocenters. The zero-order chi connectivity index (χ0) is 19.5. The SMILES string of the molecule is COc1cc(-c2nc3ccc(C)cc3[nH]2)ccc1OCc1ccccc1C#N. The van der Waals surface area contributed by atoms with Crippen LogP contribution < -0.4 is 9.47 Å². The molecule has 0 aliphatic carbocycles. The number of nitriles is 1.